The second-order valence-electron chi connectivity index (χ2n) is 6.04. The van der Waals surface area contributed by atoms with Gasteiger partial charge in [0.2, 0.25) is 0 Å². The number of benzene rings is 2. The lowest BCUT2D eigenvalue weighted by molar-refractivity contribution is 0.135. The van der Waals surface area contributed by atoms with Crippen LogP contribution >= 0.6 is 11.3 Å². The molecule has 0 saturated heterocycles. The van der Waals surface area contributed by atoms with E-state index in [0.717, 1.165) is 16.9 Å². The van der Waals surface area contributed by atoms with E-state index in [4.69, 9.17) is 4.74 Å². The first-order valence-corrected chi connectivity index (χ1v) is 9.31. The summed E-state index contributed by atoms with van der Waals surface area (Å²) in [5.74, 6) is 0.870. The Hall–Kier alpha value is -2.14. The molecule has 130 valence electrons. The van der Waals surface area contributed by atoms with Crippen LogP contribution in [0.15, 0.2) is 72.1 Å². The van der Waals surface area contributed by atoms with Crippen LogP contribution in [0.4, 0.5) is 0 Å². The lowest BCUT2D eigenvalue weighted by atomic mass is 10.0. The van der Waals surface area contributed by atoms with E-state index in [2.05, 4.69) is 28.9 Å². The number of aliphatic hydroxyl groups is 1. The molecule has 0 unspecified atom stereocenters. The minimum absolute atomic E-state index is 0.0304. The van der Waals surface area contributed by atoms with Gasteiger partial charge >= 0.3 is 0 Å². The Morgan fingerprint density at radius 3 is 2.44 bits per heavy atom. The monoisotopic (exact) mass is 353 g/mol. The Labute approximate surface area is 152 Å². The normalized spacial score (nSPS) is 13.4. The van der Waals surface area contributed by atoms with Gasteiger partial charge in [-0.05, 0) is 41.6 Å². The second-order valence-corrected chi connectivity index (χ2v) is 7.07. The first-order valence-electron chi connectivity index (χ1n) is 8.43. The molecule has 0 amide bonds. The van der Waals surface area contributed by atoms with Crippen LogP contribution in [-0.4, -0.2) is 11.1 Å². The van der Waals surface area contributed by atoms with Crippen LogP contribution in [0.5, 0.6) is 5.75 Å². The summed E-state index contributed by atoms with van der Waals surface area (Å²) in [6.45, 7) is 3.31. The van der Waals surface area contributed by atoms with Crippen LogP contribution in [0, 0.1) is 0 Å². The minimum atomic E-state index is -0.519. The molecule has 2 aromatic carbocycles. The summed E-state index contributed by atoms with van der Waals surface area (Å²) >= 11 is 1.70. The van der Waals surface area contributed by atoms with Crippen molar-refractivity contribution in [2.75, 3.05) is 0 Å². The van der Waals surface area contributed by atoms with Crippen molar-refractivity contribution in [3.05, 3.63) is 88.1 Å². The fraction of sp³-hybridized carbons (Fsp3) is 0.238. The molecule has 0 fully saturated rings. The summed E-state index contributed by atoms with van der Waals surface area (Å²) in [6, 6.07) is 21.9. The van der Waals surface area contributed by atoms with Crippen molar-refractivity contribution < 1.29 is 9.84 Å². The molecule has 0 saturated carbocycles. The molecule has 0 radical (unpaired) electrons. The van der Waals surface area contributed by atoms with Gasteiger partial charge in [0, 0.05) is 17.5 Å². The first-order chi connectivity index (χ1) is 12.2. The number of aliphatic hydroxyl groups excluding tert-OH is 1. The van der Waals surface area contributed by atoms with Crippen molar-refractivity contribution in [1.82, 2.24) is 5.32 Å². The number of hydrogen-bond donors (Lipinski definition) is 2. The zero-order valence-electron chi connectivity index (χ0n) is 14.3. The third-order valence-corrected chi connectivity index (χ3v) is 4.98. The van der Waals surface area contributed by atoms with Gasteiger partial charge in [-0.1, -0.05) is 48.5 Å². The van der Waals surface area contributed by atoms with Crippen molar-refractivity contribution in [1.29, 1.82) is 0 Å². The third-order valence-electron chi connectivity index (χ3n) is 4.13. The van der Waals surface area contributed by atoms with E-state index in [1.807, 2.05) is 55.5 Å². The number of thiophene rings is 1. The van der Waals surface area contributed by atoms with Crippen molar-refractivity contribution >= 4 is 11.3 Å². The topological polar surface area (TPSA) is 41.5 Å². The Balaban J connectivity index is 1.48. The lowest BCUT2D eigenvalue weighted by Crippen LogP contribution is -2.31. The largest absolute Gasteiger partial charge is 0.488 e. The fourth-order valence-corrected chi connectivity index (χ4v) is 3.20. The number of ether oxygens (including phenoxy) is 1. The highest BCUT2D eigenvalue weighted by Gasteiger charge is 2.15. The maximum atomic E-state index is 10.4. The summed E-state index contributed by atoms with van der Waals surface area (Å²) in [7, 11) is 0. The number of rotatable bonds is 8. The Morgan fingerprint density at radius 1 is 1.00 bits per heavy atom. The molecule has 3 nitrogen and oxygen atoms in total. The van der Waals surface area contributed by atoms with Crippen molar-refractivity contribution in [2.24, 2.45) is 0 Å². The van der Waals surface area contributed by atoms with Gasteiger partial charge in [0.25, 0.3) is 0 Å². The predicted molar refractivity (Wildman–Crippen MR) is 103 cm³/mol. The SMILES string of the molecule is C[C@@H](NCc1ccc(OCc2cccs2)cc1)[C@@H](O)c1ccccc1. The highest BCUT2D eigenvalue weighted by Crippen LogP contribution is 2.18. The Morgan fingerprint density at radius 2 is 1.76 bits per heavy atom. The summed E-state index contributed by atoms with van der Waals surface area (Å²) in [6.07, 6.45) is -0.519. The predicted octanol–water partition coefficient (Wildman–Crippen LogP) is 4.54. The van der Waals surface area contributed by atoms with E-state index >= 15 is 0 Å². The molecule has 0 aliphatic rings. The van der Waals surface area contributed by atoms with E-state index < -0.39 is 6.10 Å². The first kappa shape index (κ1) is 17.7. The highest BCUT2D eigenvalue weighted by molar-refractivity contribution is 7.09. The van der Waals surface area contributed by atoms with Crippen LogP contribution < -0.4 is 10.1 Å². The third kappa shape index (κ3) is 5.16. The van der Waals surface area contributed by atoms with Gasteiger partial charge in [-0.25, -0.2) is 0 Å². The fourth-order valence-electron chi connectivity index (χ4n) is 2.58. The maximum absolute atomic E-state index is 10.4. The summed E-state index contributed by atoms with van der Waals surface area (Å²) in [4.78, 5) is 1.22. The zero-order chi connectivity index (χ0) is 17.5. The van der Waals surface area contributed by atoms with Gasteiger partial charge in [-0.3, -0.25) is 0 Å². The molecular formula is C21H23NO2S. The van der Waals surface area contributed by atoms with Crippen LogP contribution in [0.3, 0.4) is 0 Å². The number of hydrogen-bond acceptors (Lipinski definition) is 4. The molecule has 0 bridgehead atoms. The van der Waals surface area contributed by atoms with Crippen LogP contribution in [0.25, 0.3) is 0 Å². The van der Waals surface area contributed by atoms with E-state index in [1.165, 1.54) is 4.88 Å². The molecule has 25 heavy (non-hydrogen) atoms. The molecule has 1 heterocycles. The van der Waals surface area contributed by atoms with Crippen LogP contribution in [0.2, 0.25) is 0 Å². The quantitative estimate of drug-likeness (QED) is 0.625. The highest BCUT2D eigenvalue weighted by atomic mass is 32.1. The van der Waals surface area contributed by atoms with Crippen molar-refractivity contribution in [3.8, 4) is 5.75 Å². The molecular weight excluding hydrogens is 330 g/mol. The van der Waals surface area contributed by atoms with E-state index in [1.54, 1.807) is 11.3 Å². The van der Waals surface area contributed by atoms with Gasteiger partial charge in [0.05, 0.1) is 6.10 Å². The van der Waals surface area contributed by atoms with E-state index in [0.29, 0.717) is 13.2 Å². The summed E-state index contributed by atoms with van der Waals surface area (Å²) in [5, 5.41) is 15.8. The standard InChI is InChI=1S/C21H23NO2S/c1-16(21(23)18-6-3-2-4-7-18)22-14-17-9-11-19(12-10-17)24-15-20-8-5-13-25-20/h2-13,16,21-23H,14-15H2,1H3/t16-,21-/m1/s1. The van der Waals surface area contributed by atoms with Crippen molar-refractivity contribution in [2.45, 2.75) is 32.2 Å². The molecule has 2 atom stereocenters. The lowest BCUT2D eigenvalue weighted by Gasteiger charge is -2.20. The van der Waals surface area contributed by atoms with Crippen LogP contribution in [0.1, 0.15) is 29.0 Å². The Kier molecular flexibility index (Phi) is 6.23. The minimum Gasteiger partial charge on any atom is -0.488 e. The molecule has 2 N–H and O–H groups in total. The smallest absolute Gasteiger partial charge is 0.122 e. The van der Waals surface area contributed by atoms with Crippen LogP contribution in [-0.2, 0) is 13.2 Å². The van der Waals surface area contributed by atoms with Gasteiger partial charge in [0.15, 0.2) is 0 Å². The molecule has 3 aromatic rings. The Bertz CT molecular complexity index is 741. The molecule has 3 rings (SSSR count). The summed E-state index contributed by atoms with van der Waals surface area (Å²) < 4.78 is 5.78. The van der Waals surface area contributed by atoms with Gasteiger partial charge in [-0.2, -0.15) is 0 Å². The van der Waals surface area contributed by atoms with E-state index in [9.17, 15) is 5.11 Å². The second kappa shape index (κ2) is 8.81. The zero-order valence-corrected chi connectivity index (χ0v) is 15.1. The van der Waals surface area contributed by atoms with Gasteiger partial charge in [-0.15, -0.1) is 11.3 Å². The number of nitrogens with one attached hydrogen (secondary N) is 1. The summed E-state index contributed by atoms with van der Waals surface area (Å²) in [5.41, 5.74) is 2.09. The molecule has 0 spiro atoms. The maximum Gasteiger partial charge on any atom is 0.122 e. The van der Waals surface area contributed by atoms with Gasteiger partial charge < -0.3 is 15.2 Å². The average Bonchev–Trinajstić information content (AvgIpc) is 3.19. The molecule has 1 aromatic heterocycles. The van der Waals surface area contributed by atoms with Crippen molar-refractivity contribution in [3.63, 3.8) is 0 Å². The van der Waals surface area contributed by atoms with Gasteiger partial charge in [0.1, 0.15) is 12.4 Å². The average molecular weight is 353 g/mol. The van der Waals surface area contributed by atoms with E-state index in [-0.39, 0.29) is 6.04 Å². The molecule has 0 aliphatic carbocycles. The molecule has 0 aliphatic heterocycles. The molecule has 4 heteroatoms.